The number of rotatable bonds is 7. The monoisotopic (exact) mass is 538 g/mol. The Morgan fingerprint density at radius 3 is 2.62 bits per heavy atom. The Hall–Kier alpha value is -3.48. The van der Waals surface area contributed by atoms with Crippen LogP contribution in [0.4, 0.5) is 0 Å². The number of nitrogens with one attached hydrogen (secondary N) is 1. The molecular formula is C25H26N6O4S2. The Balaban J connectivity index is 1.27. The van der Waals surface area contributed by atoms with Gasteiger partial charge in [0.1, 0.15) is 5.39 Å². The van der Waals surface area contributed by atoms with Crippen LogP contribution in [0, 0.1) is 13.8 Å². The van der Waals surface area contributed by atoms with Crippen LogP contribution in [0.3, 0.4) is 0 Å². The Bertz CT molecular complexity index is 1680. The highest BCUT2D eigenvalue weighted by Crippen LogP contribution is 2.33. The first-order valence-corrected chi connectivity index (χ1v) is 14.2. The predicted octanol–water partition coefficient (Wildman–Crippen LogP) is 2.24. The number of amides is 1. The van der Waals surface area contributed by atoms with Gasteiger partial charge in [-0.3, -0.25) is 14.2 Å². The predicted molar refractivity (Wildman–Crippen MR) is 142 cm³/mol. The van der Waals surface area contributed by atoms with Gasteiger partial charge in [-0.1, -0.05) is 30.0 Å². The molecule has 1 aliphatic heterocycles. The summed E-state index contributed by atoms with van der Waals surface area (Å²) in [6.07, 6.45) is 2.23. The van der Waals surface area contributed by atoms with Crippen LogP contribution in [0.5, 0.6) is 0 Å². The van der Waals surface area contributed by atoms with Crippen LogP contribution in [0.1, 0.15) is 29.2 Å². The van der Waals surface area contributed by atoms with E-state index >= 15 is 0 Å². The third-order valence-corrected chi connectivity index (χ3v) is 8.54. The van der Waals surface area contributed by atoms with E-state index in [4.69, 9.17) is 10.1 Å². The molecule has 3 heterocycles. The number of thioether (sulfide) groups is 1. The molecule has 1 aliphatic rings. The van der Waals surface area contributed by atoms with Crippen LogP contribution in [-0.4, -0.2) is 46.0 Å². The van der Waals surface area contributed by atoms with Crippen molar-refractivity contribution in [3.63, 3.8) is 0 Å². The highest BCUT2D eigenvalue weighted by molar-refractivity contribution is 7.99. The molecule has 192 valence electrons. The van der Waals surface area contributed by atoms with Gasteiger partial charge in [-0.25, -0.2) is 23.2 Å². The van der Waals surface area contributed by atoms with Gasteiger partial charge in [-0.2, -0.15) is 5.10 Å². The van der Waals surface area contributed by atoms with Crippen LogP contribution >= 0.6 is 11.8 Å². The lowest BCUT2D eigenvalue weighted by Crippen LogP contribution is -2.31. The molecule has 1 atom stereocenters. The van der Waals surface area contributed by atoms with E-state index in [-0.39, 0.29) is 28.8 Å². The van der Waals surface area contributed by atoms with Crippen molar-refractivity contribution in [3.8, 4) is 5.69 Å². The van der Waals surface area contributed by atoms with Crippen molar-refractivity contribution >= 4 is 38.7 Å². The van der Waals surface area contributed by atoms with Gasteiger partial charge in [0, 0.05) is 18.7 Å². The zero-order valence-corrected chi connectivity index (χ0v) is 22.0. The topological polar surface area (TPSA) is 142 Å². The van der Waals surface area contributed by atoms with E-state index in [1.165, 1.54) is 35.7 Å². The number of hydrogen-bond acceptors (Lipinski definition) is 7. The lowest BCUT2D eigenvalue weighted by atomic mass is 10.1. The second-order valence-electron chi connectivity index (χ2n) is 9.09. The summed E-state index contributed by atoms with van der Waals surface area (Å²) in [4.78, 5) is 30.8. The first-order valence-electron chi connectivity index (χ1n) is 11.7. The maximum Gasteiger partial charge on any atom is 0.265 e. The number of carbonyl (C=O) groups excluding carboxylic acids is 1. The third-order valence-electron chi connectivity index (χ3n) is 6.51. The van der Waals surface area contributed by atoms with Crippen LogP contribution in [-0.2, 0) is 21.2 Å². The van der Waals surface area contributed by atoms with Crippen molar-refractivity contribution < 1.29 is 13.2 Å². The van der Waals surface area contributed by atoms with Gasteiger partial charge in [0.2, 0.25) is 15.9 Å². The zero-order chi connectivity index (χ0) is 26.3. The van der Waals surface area contributed by atoms with Gasteiger partial charge in [-0.15, -0.1) is 0 Å². The first-order chi connectivity index (χ1) is 17.6. The average Bonchev–Trinajstić information content (AvgIpc) is 3.46. The largest absolute Gasteiger partial charge is 0.356 e. The van der Waals surface area contributed by atoms with Crippen LogP contribution in [0.15, 0.2) is 63.5 Å². The number of sulfonamides is 1. The normalized spacial score (nSPS) is 15.2. The van der Waals surface area contributed by atoms with E-state index in [0.29, 0.717) is 34.9 Å². The molecule has 37 heavy (non-hydrogen) atoms. The van der Waals surface area contributed by atoms with Crippen molar-refractivity contribution in [2.45, 2.75) is 42.8 Å². The summed E-state index contributed by atoms with van der Waals surface area (Å²) in [5.41, 5.74) is 4.32. The smallest absolute Gasteiger partial charge is 0.265 e. The average molecular weight is 539 g/mol. The molecule has 10 nitrogen and oxygen atoms in total. The lowest BCUT2D eigenvalue weighted by Gasteiger charge is -2.13. The van der Waals surface area contributed by atoms with Gasteiger partial charge in [0.25, 0.3) is 5.56 Å². The third kappa shape index (κ3) is 5.04. The number of carbonyl (C=O) groups is 1. The maximum absolute atomic E-state index is 13.3. The van der Waals surface area contributed by atoms with Crippen molar-refractivity contribution in [1.29, 1.82) is 0 Å². The second kappa shape index (κ2) is 9.77. The van der Waals surface area contributed by atoms with E-state index in [2.05, 4.69) is 10.4 Å². The number of benzene rings is 2. The molecule has 2 aromatic heterocycles. The minimum absolute atomic E-state index is 0.0466. The van der Waals surface area contributed by atoms with Crippen LogP contribution in [0.25, 0.3) is 16.7 Å². The molecule has 0 spiro atoms. The zero-order valence-electron chi connectivity index (χ0n) is 20.3. The molecule has 4 aromatic rings. The summed E-state index contributed by atoms with van der Waals surface area (Å²) in [6.45, 7) is 4.45. The molecule has 0 bridgehead atoms. The van der Waals surface area contributed by atoms with E-state index in [1.807, 2.05) is 32.0 Å². The molecule has 2 aromatic carbocycles. The van der Waals surface area contributed by atoms with Crippen molar-refractivity contribution in [2.75, 3.05) is 12.3 Å². The molecule has 3 N–H and O–H groups in total. The van der Waals surface area contributed by atoms with Gasteiger partial charge in [0.15, 0.2) is 10.8 Å². The fraction of sp³-hybridized carbons (Fsp3) is 0.280. The summed E-state index contributed by atoms with van der Waals surface area (Å²) in [7, 11) is -3.73. The van der Waals surface area contributed by atoms with Gasteiger partial charge in [0.05, 0.1) is 22.8 Å². The molecule has 5 rings (SSSR count). The van der Waals surface area contributed by atoms with Gasteiger partial charge < -0.3 is 5.32 Å². The Kier molecular flexibility index (Phi) is 6.65. The minimum atomic E-state index is -3.73. The highest BCUT2D eigenvalue weighted by Gasteiger charge is 2.29. The molecule has 0 radical (unpaired) electrons. The van der Waals surface area contributed by atoms with Gasteiger partial charge in [-0.05, 0) is 61.2 Å². The van der Waals surface area contributed by atoms with E-state index in [0.717, 1.165) is 16.8 Å². The standard InChI is InChI=1S/C25H26N6O4S2/c1-15-3-6-18(11-16(15)2)31-23-21(13-28-31)24(33)30-19(14-36-25(30)29-23)12-22(32)27-10-9-17-4-7-20(8-5-17)37(26,34)35/h3-8,11,13,19H,9-10,12,14H2,1-2H3,(H,27,32)(H2,26,34,35). The summed E-state index contributed by atoms with van der Waals surface area (Å²) >= 11 is 1.46. The van der Waals surface area contributed by atoms with Crippen molar-refractivity contribution in [2.24, 2.45) is 5.14 Å². The molecule has 12 heteroatoms. The molecule has 0 fully saturated rings. The van der Waals surface area contributed by atoms with Crippen molar-refractivity contribution in [3.05, 3.63) is 75.7 Å². The molecule has 0 saturated heterocycles. The SMILES string of the molecule is Cc1ccc(-n2ncc3c(=O)n4c(nc32)SCC4CC(=O)NCCc2ccc(S(N)(=O)=O)cc2)cc1C. The Morgan fingerprint density at radius 1 is 1.16 bits per heavy atom. The molecular weight excluding hydrogens is 512 g/mol. The molecule has 1 amide bonds. The van der Waals surface area contributed by atoms with E-state index in [1.54, 1.807) is 21.4 Å². The first kappa shape index (κ1) is 25.2. The summed E-state index contributed by atoms with van der Waals surface area (Å²) < 4.78 is 26.0. The minimum Gasteiger partial charge on any atom is -0.356 e. The number of aromatic nitrogens is 4. The number of nitrogens with two attached hydrogens (primary N) is 1. The van der Waals surface area contributed by atoms with Crippen molar-refractivity contribution in [1.82, 2.24) is 24.6 Å². The van der Waals surface area contributed by atoms with Gasteiger partial charge >= 0.3 is 0 Å². The number of hydrogen-bond donors (Lipinski definition) is 2. The summed E-state index contributed by atoms with van der Waals surface area (Å²) in [5, 5.41) is 13.4. The summed E-state index contributed by atoms with van der Waals surface area (Å²) in [6, 6.07) is 11.9. The van der Waals surface area contributed by atoms with E-state index in [9.17, 15) is 18.0 Å². The Morgan fingerprint density at radius 2 is 1.92 bits per heavy atom. The quantitative estimate of drug-likeness (QED) is 0.344. The van der Waals surface area contributed by atoms with E-state index < -0.39 is 10.0 Å². The maximum atomic E-state index is 13.3. The number of nitrogens with zero attached hydrogens (tertiary/aromatic N) is 4. The number of primary sulfonamides is 1. The lowest BCUT2D eigenvalue weighted by molar-refractivity contribution is -0.121. The van der Waals surface area contributed by atoms with Crippen LogP contribution in [0.2, 0.25) is 0 Å². The Labute approximate surface area is 217 Å². The fourth-order valence-corrected chi connectivity index (χ4v) is 5.95. The molecule has 0 aliphatic carbocycles. The highest BCUT2D eigenvalue weighted by atomic mass is 32.2. The number of fused-ring (bicyclic) bond motifs is 2. The number of aryl methyl sites for hydroxylation is 2. The molecule has 1 unspecified atom stereocenters. The fourth-order valence-electron chi connectivity index (χ4n) is 4.31. The van der Waals surface area contributed by atoms with Crippen LogP contribution < -0.4 is 16.0 Å². The second-order valence-corrected chi connectivity index (χ2v) is 11.6. The summed E-state index contributed by atoms with van der Waals surface area (Å²) in [5.74, 6) is 0.409. The molecule has 0 saturated carbocycles.